The van der Waals surface area contributed by atoms with Crippen molar-refractivity contribution in [3.05, 3.63) is 73.9 Å². The van der Waals surface area contributed by atoms with Gasteiger partial charge in [0.05, 0.1) is 12.7 Å². The predicted molar refractivity (Wildman–Crippen MR) is 132 cm³/mol. The Morgan fingerprint density at radius 2 is 1.82 bits per heavy atom. The lowest BCUT2D eigenvalue weighted by Gasteiger charge is -2.10. The average Bonchev–Trinajstić information content (AvgIpc) is 3.21. The standard InChI is InChI=1S/C26H27N3O3S/c1-14-8-9-22(15(2)10-14)28-24(30)21(13-27)12-20-11-16(3)29(18(20)5)25-23(26(31)32-7)17(4)19(6)33-25/h8-12H,1-7H3,(H,28,30)/b21-12+. The van der Waals surface area contributed by atoms with Gasteiger partial charge in [-0.25, -0.2) is 4.79 Å². The summed E-state index contributed by atoms with van der Waals surface area (Å²) in [6.45, 7) is 11.6. The van der Waals surface area contributed by atoms with E-state index in [4.69, 9.17) is 4.74 Å². The molecule has 7 heteroatoms. The molecule has 1 N–H and O–H groups in total. The van der Waals surface area contributed by atoms with E-state index in [9.17, 15) is 14.9 Å². The maximum absolute atomic E-state index is 12.8. The zero-order valence-electron chi connectivity index (χ0n) is 19.9. The third-order valence-electron chi connectivity index (χ3n) is 5.72. The number of aryl methyl sites for hydroxylation is 4. The van der Waals surface area contributed by atoms with Crippen LogP contribution in [0.3, 0.4) is 0 Å². The molecule has 0 unspecified atom stereocenters. The first-order valence-electron chi connectivity index (χ1n) is 10.5. The summed E-state index contributed by atoms with van der Waals surface area (Å²) in [5.74, 6) is -0.852. The van der Waals surface area contributed by atoms with E-state index in [0.29, 0.717) is 11.3 Å². The molecular weight excluding hydrogens is 434 g/mol. The molecule has 2 aromatic heterocycles. The van der Waals surface area contributed by atoms with Gasteiger partial charge in [0.2, 0.25) is 0 Å². The molecule has 1 amide bonds. The second kappa shape index (κ2) is 9.47. The molecule has 0 saturated carbocycles. The van der Waals surface area contributed by atoms with Crippen LogP contribution in [-0.2, 0) is 9.53 Å². The van der Waals surface area contributed by atoms with Gasteiger partial charge in [-0.2, -0.15) is 5.26 Å². The van der Waals surface area contributed by atoms with Crippen LogP contribution in [0.25, 0.3) is 11.1 Å². The first-order valence-corrected chi connectivity index (χ1v) is 11.3. The molecule has 0 atom stereocenters. The van der Waals surface area contributed by atoms with E-state index in [0.717, 1.165) is 43.5 Å². The highest BCUT2D eigenvalue weighted by molar-refractivity contribution is 7.15. The fourth-order valence-corrected chi connectivity index (χ4v) is 5.06. The Labute approximate surface area is 198 Å². The molecule has 33 heavy (non-hydrogen) atoms. The summed E-state index contributed by atoms with van der Waals surface area (Å²) in [5.41, 5.74) is 6.56. The zero-order chi connectivity index (χ0) is 24.4. The molecule has 0 saturated heterocycles. The van der Waals surface area contributed by atoms with Crippen LogP contribution >= 0.6 is 11.3 Å². The lowest BCUT2D eigenvalue weighted by molar-refractivity contribution is -0.112. The van der Waals surface area contributed by atoms with Gasteiger partial charge in [-0.3, -0.25) is 4.79 Å². The minimum Gasteiger partial charge on any atom is -0.465 e. The van der Waals surface area contributed by atoms with Crippen molar-refractivity contribution in [3.8, 4) is 11.1 Å². The minimum atomic E-state index is -0.465. The second-order valence-electron chi connectivity index (χ2n) is 8.06. The number of hydrogen-bond acceptors (Lipinski definition) is 5. The molecule has 170 valence electrons. The van der Waals surface area contributed by atoms with Crippen molar-refractivity contribution in [1.29, 1.82) is 5.26 Å². The number of nitrogens with one attached hydrogen (secondary N) is 1. The van der Waals surface area contributed by atoms with Gasteiger partial charge in [0.15, 0.2) is 0 Å². The summed E-state index contributed by atoms with van der Waals surface area (Å²) in [6.07, 6.45) is 1.59. The number of nitrogens with zero attached hydrogens (tertiary/aromatic N) is 2. The number of nitriles is 1. The molecule has 0 spiro atoms. The predicted octanol–water partition coefficient (Wildman–Crippen LogP) is 5.72. The van der Waals surface area contributed by atoms with Crippen molar-refractivity contribution >= 4 is 35.0 Å². The van der Waals surface area contributed by atoms with Crippen LogP contribution in [0.5, 0.6) is 0 Å². The Morgan fingerprint density at radius 3 is 2.42 bits per heavy atom. The summed E-state index contributed by atoms with van der Waals surface area (Å²) < 4.78 is 6.98. The number of thiophene rings is 1. The van der Waals surface area contributed by atoms with Gasteiger partial charge >= 0.3 is 5.97 Å². The molecule has 1 aromatic carbocycles. The number of carbonyl (C=O) groups excluding carboxylic acids is 2. The van der Waals surface area contributed by atoms with Crippen molar-refractivity contribution in [2.75, 3.05) is 12.4 Å². The van der Waals surface area contributed by atoms with E-state index in [1.165, 1.54) is 18.4 Å². The molecule has 6 nitrogen and oxygen atoms in total. The number of benzene rings is 1. The highest BCUT2D eigenvalue weighted by Crippen LogP contribution is 2.35. The Morgan fingerprint density at radius 1 is 1.12 bits per heavy atom. The summed E-state index contributed by atoms with van der Waals surface area (Å²) in [5, 5.41) is 13.3. The number of hydrogen-bond donors (Lipinski definition) is 1. The number of anilines is 1. The largest absolute Gasteiger partial charge is 0.465 e. The van der Waals surface area contributed by atoms with E-state index >= 15 is 0 Å². The lowest BCUT2D eigenvalue weighted by Crippen LogP contribution is -2.14. The Kier molecular flexibility index (Phi) is 6.89. The summed E-state index contributed by atoms with van der Waals surface area (Å²) in [6, 6.07) is 9.64. The number of aromatic nitrogens is 1. The molecular formula is C26H27N3O3S. The molecule has 0 fully saturated rings. The quantitative estimate of drug-likeness (QED) is 0.299. The van der Waals surface area contributed by atoms with Gasteiger partial charge in [0, 0.05) is 22.0 Å². The van der Waals surface area contributed by atoms with E-state index in [-0.39, 0.29) is 11.5 Å². The van der Waals surface area contributed by atoms with Crippen LogP contribution in [0.4, 0.5) is 5.69 Å². The maximum Gasteiger partial charge on any atom is 0.341 e. The molecule has 3 aromatic rings. The van der Waals surface area contributed by atoms with Gasteiger partial charge < -0.3 is 14.6 Å². The molecule has 0 bridgehead atoms. The smallest absolute Gasteiger partial charge is 0.341 e. The van der Waals surface area contributed by atoms with Crippen molar-refractivity contribution in [1.82, 2.24) is 4.57 Å². The molecule has 2 heterocycles. The van der Waals surface area contributed by atoms with Crippen LogP contribution in [0.15, 0.2) is 29.8 Å². The number of methoxy groups -OCH3 is 1. The minimum absolute atomic E-state index is 0.00181. The summed E-state index contributed by atoms with van der Waals surface area (Å²) in [7, 11) is 1.37. The van der Waals surface area contributed by atoms with Crippen LogP contribution < -0.4 is 5.32 Å². The zero-order valence-corrected chi connectivity index (χ0v) is 20.7. The second-order valence-corrected chi connectivity index (χ2v) is 9.26. The van der Waals surface area contributed by atoms with Gasteiger partial charge in [-0.15, -0.1) is 11.3 Å². The Balaban J connectivity index is 2.03. The topological polar surface area (TPSA) is 84.1 Å². The van der Waals surface area contributed by atoms with Gasteiger partial charge in [0.25, 0.3) is 5.91 Å². The molecule has 0 aliphatic heterocycles. The first kappa shape index (κ1) is 24.0. The van der Waals surface area contributed by atoms with Gasteiger partial charge in [0.1, 0.15) is 16.6 Å². The maximum atomic E-state index is 12.8. The highest BCUT2D eigenvalue weighted by atomic mass is 32.1. The summed E-state index contributed by atoms with van der Waals surface area (Å²) in [4.78, 5) is 26.3. The monoisotopic (exact) mass is 461 g/mol. The fraction of sp³-hybridized carbons (Fsp3) is 0.269. The van der Waals surface area contributed by atoms with Crippen LogP contribution in [0.1, 0.15) is 48.9 Å². The Bertz CT molecular complexity index is 1340. The summed E-state index contributed by atoms with van der Waals surface area (Å²) >= 11 is 1.51. The van der Waals surface area contributed by atoms with Gasteiger partial charge in [-0.05, 0) is 76.4 Å². The SMILES string of the molecule is COC(=O)c1c(-n2c(C)cc(/C=C(\C#N)C(=O)Nc3ccc(C)cc3C)c2C)sc(C)c1C. The third kappa shape index (κ3) is 4.62. The van der Waals surface area contributed by atoms with Crippen LogP contribution in [0.2, 0.25) is 0 Å². The van der Waals surface area contributed by atoms with Crippen molar-refractivity contribution < 1.29 is 14.3 Å². The molecule has 0 aliphatic rings. The van der Waals surface area contributed by atoms with Crippen molar-refractivity contribution in [3.63, 3.8) is 0 Å². The molecule has 3 rings (SSSR count). The first-order chi connectivity index (χ1) is 15.6. The van der Waals surface area contributed by atoms with Crippen molar-refractivity contribution in [2.45, 2.75) is 41.5 Å². The number of amides is 1. The van der Waals surface area contributed by atoms with E-state index in [1.54, 1.807) is 6.08 Å². The lowest BCUT2D eigenvalue weighted by atomic mass is 10.1. The van der Waals surface area contributed by atoms with E-state index in [2.05, 4.69) is 5.32 Å². The van der Waals surface area contributed by atoms with E-state index in [1.807, 2.05) is 76.4 Å². The van der Waals surface area contributed by atoms with Gasteiger partial charge in [-0.1, -0.05) is 17.7 Å². The molecule has 0 aliphatic carbocycles. The number of carbonyl (C=O) groups is 2. The average molecular weight is 462 g/mol. The number of ether oxygens (including phenoxy) is 1. The number of esters is 1. The van der Waals surface area contributed by atoms with Crippen LogP contribution in [0, 0.1) is 52.9 Å². The van der Waals surface area contributed by atoms with Crippen molar-refractivity contribution in [2.24, 2.45) is 0 Å². The van der Waals surface area contributed by atoms with Crippen LogP contribution in [-0.4, -0.2) is 23.6 Å². The normalized spacial score (nSPS) is 11.3. The fourth-order valence-electron chi connectivity index (χ4n) is 3.80. The number of rotatable bonds is 5. The molecule has 0 radical (unpaired) electrons. The van der Waals surface area contributed by atoms with E-state index < -0.39 is 5.91 Å². The Hall–Kier alpha value is -3.63. The highest BCUT2D eigenvalue weighted by Gasteiger charge is 2.24. The third-order valence-corrected chi connectivity index (χ3v) is 6.92.